The smallest absolute Gasteiger partial charge is 0.416 e. The van der Waals surface area contributed by atoms with Crippen LogP contribution in [0.5, 0.6) is 11.5 Å². The van der Waals surface area contributed by atoms with E-state index in [1.165, 1.54) is 13.1 Å². The number of nitrogens with one attached hydrogen (secondary N) is 1. The van der Waals surface area contributed by atoms with Crippen molar-refractivity contribution in [2.24, 2.45) is 0 Å². The van der Waals surface area contributed by atoms with Crippen LogP contribution in [0.1, 0.15) is 93.8 Å². The molecule has 1 heterocycles. The Hall–Kier alpha value is -6.98. The lowest BCUT2D eigenvalue weighted by Crippen LogP contribution is -2.43. The van der Waals surface area contributed by atoms with E-state index in [1.54, 1.807) is 12.0 Å². The number of carboxylic acid groups (broad SMARTS) is 1. The standard InChI is InChI=1S/C18H13ClF3NO7.C15H22ClNO2.C15H12F3NO4S.C3H8NO5P/c1-2-28-16(24)9-29-17(25)12-8-11(4-5-14(12)23(26)27)30-15-6-3-10(7-13(15)19)18(20,21)22;1-5-13-8-6-7-11(2)15(13)17(14(18)9-16)12(3)10-19-4;1-24(21,22)12-6-9(15(16,17)18)4-5-10(12)13(20)11-7-19-23-14(11)8-2-3-8;5-3(6)1-4-2-10(7,8)9/h3-8H,2,9H2,1H3;6-8,12H,5,9-10H2,1-4H3;4-8H,2-3H2,1H3;4H,1-2H2,(H,5,6)(H2,7,8,9). The Morgan fingerprint density at radius 1 is 0.940 bits per heavy atom. The van der Waals surface area contributed by atoms with Crippen molar-refractivity contribution >= 4 is 81.6 Å². The van der Waals surface area contributed by atoms with E-state index in [2.05, 4.69) is 28.2 Å². The van der Waals surface area contributed by atoms with Crippen molar-refractivity contribution in [3.63, 3.8) is 0 Å². The van der Waals surface area contributed by atoms with Crippen LogP contribution in [0, 0.1) is 17.0 Å². The van der Waals surface area contributed by atoms with Gasteiger partial charge in [-0.1, -0.05) is 41.9 Å². The fourth-order valence-electron chi connectivity index (χ4n) is 7.22. The van der Waals surface area contributed by atoms with Crippen LogP contribution in [0.25, 0.3) is 0 Å². The second-order valence-electron chi connectivity index (χ2n) is 17.5. The van der Waals surface area contributed by atoms with E-state index in [-0.39, 0.29) is 58.0 Å². The number of alkyl halides is 7. The zero-order valence-corrected chi connectivity index (χ0v) is 47.9. The largest absolute Gasteiger partial charge is 0.480 e. The molecule has 1 saturated carbocycles. The first-order valence-corrected chi connectivity index (χ1v) is 28.7. The van der Waals surface area contributed by atoms with Crippen LogP contribution in [0.3, 0.4) is 0 Å². The maximum absolute atomic E-state index is 12.8. The number of methoxy groups -OCH3 is 1. The number of aryl methyl sites for hydroxylation is 2. The maximum Gasteiger partial charge on any atom is 0.416 e. The van der Waals surface area contributed by atoms with E-state index in [1.807, 2.05) is 26.0 Å². The van der Waals surface area contributed by atoms with E-state index in [9.17, 15) is 73.4 Å². The molecule has 1 fully saturated rings. The van der Waals surface area contributed by atoms with Crippen LogP contribution in [0.2, 0.25) is 5.02 Å². The lowest BCUT2D eigenvalue weighted by Gasteiger charge is -2.31. The predicted octanol–water partition coefficient (Wildman–Crippen LogP) is 9.94. The zero-order valence-electron chi connectivity index (χ0n) is 44.7. The molecule has 454 valence electrons. The molecular formula is C51H55Cl2F6N4O18PS. The minimum atomic E-state index is -4.71. The number of amides is 1. The molecule has 1 aliphatic carbocycles. The third-order valence-electron chi connectivity index (χ3n) is 11.0. The summed E-state index contributed by atoms with van der Waals surface area (Å²) in [5, 5.41) is 24.4. The van der Waals surface area contributed by atoms with Gasteiger partial charge in [0.15, 0.2) is 28.0 Å². The number of anilines is 1. The lowest BCUT2D eigenvalue weighted by molar-refractivity contribution is -0.385. The van der Waals surface area contributed by atoms with Gasteiger partial charge in [0.1, 0.15) is 22.9 Å². The van der Waals surface area contributed by atoms with Crippen molar-refractivity contribution in [3.05, 3.63) is 139 Å². The summed E-state index contributed by atoms with van der Waals surface area (Å²) >= 11 is 11.6. The molecule has 0 saturated heterocycles. The molecule has 4 aromatic carbocycles. The molecule has 6 rings (SSSR count). The highest BCUT2D eigenvalue weighted by atomic mass is 35.5. The van der Waals surface area contributed by atoms with Crippen LogP contribution >= 0.6 is 30.8 Å². The Labute approximate surface area is 480 Å². The van der Waals surface area contributed by atoms with Crippen LogP contribution < -0.4 is 15.0 Å². The van der Waals surface area contributed by atoms with Gasteiger partial charge in [-0.25, -0.2) is 18.0 Å². The molecule has 0 spiro atoms. The van der Waals surface area contributed by atoms with Crippen molar-refractivity contribution in [2.45, 2.75) is 76.2 Å². The molecular weight excluding hydrogens is 1200 g/mol. The molecule has 4 N–H and O–H groups in total. The summed E-state index contributed by atoms with van der Waals surface area (Å²) in [5.41, 5.74) is -0.321. The number of nitrogens with zero attached hydrogens (tertiary/aromatic N) is 3. The van der Waals surface area contributed by atoms with Crippen molar-refractivity contribution in [2.75, 3.05) is 56.8 Å². The minimum Gasteiger partial charge on any atom is -0.480 e. The monoisotopic (exact) mass is 1260 g/mol. The number of benzene rings is 4. The molecule has 1 aliphatic rings. The van der Waals surface area contributed by atoms with Gasteiger partial charge < -0.3 is 43.3 Å². The highest BCUT2D eigenvalue weighted by molar-refractivity contribution is 7.90. The second-order valence-corrected chi connectivity index (χ2v) is 21.8. The summed E-state index contributed by atoms with van der Waals surface area (Å²) in [6, 6.07) is 13.4. The number of aromatic nitrogens is 1. The van der Waals surface area contributed by atoms with Gasteiger partial charge in [-0.05, 0) is 93.6 Å². The minimum absolute atomic E-state index is 0.0223. The van der Waals surface area contributed by atoms with Crippen LogP contribution in [-0.4, -0.2) is 121 Å². The number of carboxylic acids is 1. The molecule has 1 aromatic heterocycles. The normalized spacial score (nSPS) is 12.6. The van der Waals surface area contributed by atoms with E-state index in [0.29, 0.717) is 30.6 Å². The van der Waals surface area contributed by atoms with Crippen LogP contribution in [0.15, 0.2) is 88.4 Å². The Kier molecular flexibility index (Phi) is 26.3. The summed E-state index contributed by atoms with van der Waals surface area (Å²) in [6.45, 7) is 6.95. The first kappa shape index (κ1) is 70.3. The summed E-state index contributed by atoms with van der Waals surface area (Å²) < 4.78 is 135. The summed E-state index contributed by atoms with van der Waals surface area (Å²) in [5.74, 6) is -3.94. The van der Waals surface area contributed by atoms with Crippen molar-refractivity contribution in [1.29, 1.82) is 0 Å². The molecule has 83 heavy (non-hydrogen) atoms. The predicted molar refractivity (Wildman–Crippen MR) is 286 cm³/mol. The van der Waals surface area contributed by atoms with Crippen molar-refractivity contribution in [1.82, 2.24) is 10.5 Å². The number of aliphatic carboxylic acids is 1. The molecule has 0 bridgehead atoms. The number of para-hydroxylation sites is 1. The summed E-state index contributed by atoms with van der Waals surface area (Å²) in [7, 11) is -6.50. The average Bonchev–Trinajstić information content (AvgIpc) is 4.36. The maximum atomic E-state index is 12.8. The molecule has 1 amide bonds. The van der Waals surface area contributed by atoms with E-state index < -0.39 is 105 Å². The Morgan fingerprint density at radius 2 is 1.57 bits per heavy atom. The number of nitro benzene ring substituents is 1. The average molecular weight is 1260 g/mol. The number of ketones is 1. The molecule has 22 nitrogen and oxygen atoms in total. The fraction of sp³-hybridized carbons (Fsp3) is 0.373. The van der Waals surface area contributed by atoms with E-state index in [4.69, 9.17) is 56.8 Å². The van der Waals surface area contributed by atoms with E-state index >= 15 is 0 Å². The number of sulfone groups is 1. The van der Waals surface area contributed by atoms with Gasteiger partial charge in [-0.15, -0.1) is 11.6 Å². The number of hydrogen-bond donors (Lipinski definition) is 4. The number of esters is 2. The van der Waals surface area contributed by atoms with Gasteiger partial charge >= 0.3 is 37.9 Å². The number of hydrogen-bond acceptors (Lipinski definition) is 17. The molecule has 5 aromatic rings. The van der Waals surface area contributed by atoms with Crippen LogP contribution in [0.4, 0.5) is 37.7 Å². The van der Waals surface area contributed by atoms with E-state index in [0.717, 1.165) is 78.7 Å². The van der Waals surface area contributed by atoms with Gasteiger partial charge in [-0.3, -0.25) is 34.4 Å². The Morgan fingerprint density at radius 3 is 2.08 bits per heavy atom. The fourth-order valence-corrected chi connectivity index (χ4v) is 8.87. The third-order valence-corrected chi connectivity index (χ3v) is 13.3. The van der Waals surface area contributed by atoms with Crippen molar-refractivity contribution in [3.8, 4) is 11.5 Å². The topological polar surface area (TPSA) is 319 Å². The number of carbonyl (C=O) groups is 5. The number of nitro groups is 1. The third kappa shape index (κ3) is 21.9. The van der Waals surface area contributed by atoms with Gasteiger partial charge in [0.2, 0.25) is 5.91 Å². The molecule has 0 radical (unpaired) electrons. The second kappa shape index (κ2) is 31.1. The van der Waals surface area contributed by atoms with Gasteiger partial charge in [0, 0.05) is 37.0 Å². The highest BCUT2D eigenvalue weighted by Crippen LogP contribution is 2.43. The zero-order chi connectivity index (χ0) is 62.8. The van der Waals surface area contributed by atoms with Crippen molar-refractivity contribution < 1.29 is 107 Å². The van der Waals surface area contributed by atoms with Crippen LogP contribution in [-0.2, 0) is 61.8 Å². The number of rotatable bonds is 21. The van der Waals surface area contributed by atoms with Gasteiger partial charge in [0.05, 0.1) is 75.5 Å². The molecule has 0 aliphatic heterocycles. The molecule has 1 atom stereocenters. The number of ether oxygens (including phenoxy) is 4. The quantitative estimate of drug-likeness (QED) is 0.0101. The Balaban J connectivity index is 0.000000307. The van der Waals surface area contributed by atoms with Gasteiger partial charge in [0.25, 0.3) is 5.69 Å². The number of carbonyl (C=O) groups excluding carboxylic acids is 4. The number of halogens is 8. The SMILES string of the molecule is CCOC(=O)COC(=O)c1cc(Oc2ccc(C(F)(F)F)cc2Cl)ccc1[N+](=O)[O-].CCc1cccc(C)c1N(C(=O)CCl)C(C)COC.CS(=O)(=O)c1cc(C(F)(F)F)ccc1C(=O)c1cnoc1C1CC1.O=C(O)CNCP(=O)(O)O. The summed E-state index contributed by atoms with van der Waals surface area (Å²) in [6.07, 6.45) is -5.47. The first-order chi connectivity index (χ1) is 38.6. The highest BCUT2D eigenvalue weighted by Gasteiger charge is 2.37. The Bertz CT molecular complexity index is 3280. The molecule has 1 unspecified atom stereocenters. The summed E-state index contributed by atoms with van der Waals surface area (Å²) in [4.78, 5) is 85.8. The first-order valence-electron chi connectivity index (χ1n) is 24.1. The van der Waals surface area contributed by atoms with Gasteiger partial charge in [-0.2, -0.15) is 26.3 Å². The lowest BCUT2D eigenvalue weighted by atomic mass is 10.0. The molecule has 32 heteroatoms.